The van der Waals surface area contributed by atoms with E-state index in [1.165, 1.54) is 199 Å². The quantitative estimate of drug-likeness (QED) is 0.0373. The third-order valence-corrected chi connectivity index (χ3v) is 13.7. The summed E-state index contributed by atoms with van der Waals surface area (Å²) in [4.78, 5) is 24.6. The van der Waals surface area contributed by atoms with Gasteiger partial charge in [-0.25, -0.2) is 0 Å². The van der Waals surface area contributed by atoms with Crippen molar-refractivity contribution in [2.45, 2.75) is 315 Å². The van der Waals surface area contributed by atoms with E-state index in [9.17, 15) is 14.7 Å². The molecule has 0 aliphatic rings. The van der Waals surface area contributed by atoms with Crippen LogP contribution in [0.1, 0.15) is 309 Å². The van der Waals surface area contributed by atoms with Crippen molar-refractivity contribution in [2.75, 3.05) is 13.2 Å². The maximum atomic E-state index is 12.3. The van der Waals surface area contributed by atoms with E-state index in [-0.39, 0.29) is 25.2 Å². The first-order valence-electron chi connectivity index (χ1n) is 31.1. The second-order valence-corrected chi connectivity index (χ2v) is 20.8. The zero-order valence-electron chi connectivity index (χ0n) is 47.7. The summed E-state index contributed by atoms with van der Waals surface area (Å²) in [7, 11) is 0. The molecule has 0 saturated carbocycles. The molecule has 416 valence electrons. The van der Waals surface area contributed by atoms with E-state index < -0.39 is 6.10 Å². The molecule has 5 heteroatoms. The Morgan fingerprint density at radius 1 is 0.333 bits per heavy atom. The van der Waals surface area contributed by atoms with Gasteiger partial charge in [0.1, 0.15) is 6.61 Å². The molecule has 0 aromatic rings. The maximum absolute atomic E-state index is 12.3. The molecule has 0 bridgehead atoms. The van der Waals surface area contributed by atoms with Crippen LogP contribution in [0.5, 0.6) is 0 Å². The fourth-order valence-corrected chi connectivity index (χ4v) is 9.03. The normalized spacial score (nSPS) is 12.8. The maximum Gasteiger partial charge on any atom is 0.306 e. The van der Waals surface area contributed by atoms with Gasteiger partial charge in [0, 0.05) is 12.8 Å². The Morgan fingerprint density at radius 2 is 0.597 bits per heavy atom. The summed E-state index contributed by atoms with van der Waals surface area (Å²) in [5.41, 5.74) is 0. The van der Waals surface area contributed by atoms with Crippen LogP contribution in [0.4, 0.5) is 0 Å². The summed E-state index contributed by atoms with van der Waals surface area (Å²) in [5.74, 6) is -0.591. The lowest BCUT2D eigenvalue weighted by molar-refractivity contribution is -0.161. The smallest absolute Gasteiger partial charge is 0.306 e. The molecule has 0 aromatic heterocycles. The Labute approximate surface area is 447 Å². The third kappa shape index (κ3) is 59.6. The van der Waals surface area contributed by atoms with Crippen LogP contribution in [-0.4, -0.2) is 36.4 Å². The molecule has 5 nitrogen and oxygen atoms in total. The lowest BCUT2D eigenvalue weighted by Gasteiger charge is -2.15. The number of hydrogen-bond donors (Lipinski definition) is 1. The van der Waals surface area contributed by atoms with E-state index in [1.807, 2.05) is 0 Å². The SMILES string of the molecule is CC/C=C\C/C=C\C/C=C\C/C=C\CCCCCCCCCCC(=O)OC(CO)COC(=O)CCCCCCCCCCCCCCCCCCCCCCCC/C=C\C/C=C\C/C=C\CCCCCCC. The molecule has 0 aliphatic carbocycles. The summed E-state index contributed by atoms with van der Waals surface area (Å²) < 4.78 is 10.7. The minimum absolute atomic E-state index is 0.0695. The van der Waals surface area contributed by atoms with Gasteiger partial charge in [0.05, 0.1) is 6.61 Å². The Bertz CT molecular complexity index is 1320. The minimum atomic E-state index is -0.780. The molecule has 1 unspecified atom stereocenters. The summed E-state index contributed by atoms with van der Waals surface area (Å²) in [6.07, 6.45) is 87.3. The zero-order chi connectivity index (χ0) is 52.0. The molecule has 0 heterocycles. The number of hydrogen-bond acceptors (Lipinski definition) is 5. The Kier molecular flexibility index (Phi) is 59.8. The number of carbonyl (C=O) groups is 2. The Morgan fingerprint density at radius 3 is 0.903 bits per heavy atom. The van der Waals surface area contributed by atoms with Crippen LogP contribution < -0.4 is 0 Å². The molecule has 0 fully saturated rings. The summed E-state index contributed by atoms with van der Waals surface area (Å²) in [6.45, 7) is 4.04. The van der Waals surface area contributed by atoms with Gasteiger partial charge in [-0.1, -0.05) is 292 Å². The number of carbonyl (C=O) groups excluding carboxylic acids is 2. The second-order valence-electron chi connectivity index (χ2n) is 20.8. The van der Waals surface area contributed by atoms with Crippen LogP contribution in [0.15, 0.2) is 85.1 Å². The van der Waals surface area contributed by atoms with Crippen molar-refractivity contribution in [3.8, 4) is 0 Å². The largest absolute Gasteiger partial charge is 0.462 e. The molecule has 0 aliphatic heterocycles. The number of allylic oxidation sites excluding steroid dienone is 14. The predicted molar refractivity (Wildman–Crippen MR) is 316 cm³/mol. The van der Waals surface area contributed by atoms with Gasteiger partial charge in [-0.3, -0.25) is 9.59 Å². The molecule has 1 N–H and O–H groups in total. The summed E-state index contributed by atoms with van der Waals surface area (Å²) in [5, 5.41) is 9.66. The van der Waals surface area contributed by atoms with Gasteiger partial charge in [0.15, 0.2) is 6.10 Å². The molecule has 72 heavy (non-hydrogen) atoms. The average molecular weight is 1000 g/mol. The highest BCUT2D eigenvalue weighted by molar-refractivity contribution is 5.70. The molecule has 0 amide bonds. The van der Waals surface area contributed by atoms with Gasteiger partial charge >= 0.3 is 11.9 Å². The van der Waals surface area contributed by atoms with Crippen molar-refractivity contribution in [3.63, 3.8) is 0 Å². The first kappa shape index (κ1) is 69.1. The number of ether oxygens (including phenoxy) is 2. The monoisotopic (exact) mass is 1000 g/mol. The molecule has 0 saturated heterocycles. The van der Waals surface area contributed by atoms with E-state index >= 15 is 0 Å². The van der Waals surface area contributed by atoms with E-state index in [2.05, 4.69) is 98.9 Å². The standard InChI is InChI=1S/C67H118O5/c1-3-5-7-9-11-13-15-17-19-21-23-25-26-27-28-29-30-31-32-33-34-35-36-37-38-39-40-42-43-45-47-49-51-53-55-57-59-61-66(69)71-64-65(63-68)72-67(70)62-60-58-56-54-52-50-48-46-44-41-24-22-20-18-16-14-12-10-8-6-4-2/h6,8,12,14-15,17-18,20-21,23-24,26-27,41,65,68H,3-5,7,9-11,13,16,19,22,25,28-40,42-64H2,1-2H3/b8-6-,14-12-,17-15-,20-18-,23-21-,27-26-,41-24-. The summed E-state index contributed by atoms with van der Waals surface area (Å²) in [6, 6.07) is 0. The fraction of sp³-hybridized carbons (Fsp3) is 0.761. The molecule has 0 radical (unpaired) electrons. The molecular weight excluding hydrogens is 885 g/mol. The molecule has 0 spiro atoms. The van der Waals surface area contributed by atoms with Gasteiger partial charge in [-0.15, -0.1) is 0 Å². The highest BCUT2D eigenvalue weighted by atomic mass is 16.6. The number of rotatable bonds is 57. The van der Waals surface area contributed by atoms with E-state index in [0.717, 1.165) is 83.5 Å². The minimum Gasteiger partial charge on any atom is -0.462 e. The average Bonchev–Trinajstić information content (AvgIpc) is 3.38. The number of unbranched alkanes of at least 4 members (excludes halogenated alkanes) is 35. The van der Waals surface area contributed by atoms with Crippen LogP contribution in [0.25, 0.3) is 0 Å². The van der Waals surface area contributed by atoms with Crippen LogP contribution in [0.3, 0.4) is 0 Å². The first-order valence-corrected chi connectivity index (χ1v) is 31.1. The predicted octanol–water partition coefficient (Wildman–Crippen LogP) is 21.3. The van der Waals surface area contributed by atoms with E-state index in [1.54, 1.807) is 0 Å². The summed E-state index contributed by atoms with van der Waals surface area (Å²) >= 11 is 0. The first-order chi connectivity index (χ1) is 35.6. The Balaban J connectivity index is 3.43. The molecule has 0 aromatic carbocycles. The van der Waals surface area contributed by atoms with Crippen molar-refractivity contribution in [1.82, 2.24) is 0 Å². The van der Waals surface area contributed by atoms with Gasteiger partial charge < -0.3 is 14.6 Å². The van der Waals surface area contributed by atoms with E-state index in [4.69, 9.17) is 9.47 Å². The van der Waals surface area contributed by atoms with Crippen LogP contribution >= 0.6 is 0 Å². The molecule has 0 rings (SSSR count). The fourth-order valence-electron chi connectivity index (χ4n) is 9.03. The van der Waals surface area contributed by atoms with Crippen molar-refractivity contribution in [2.24, 2.45) is 0 Å². The number of esters is 2. The lowest BCUT2D eigenvalue weighted by atomic mass is 10.0. The topological polar surface area (TPSA) is 72.8 Å². The van der Waals surface area contributed by atoms with Gasteiger partial charge in [0.2, 0.25) is 0 Å². The number of aliphatic hydroxyl groups is 1. The highest BCUT2D eigenvalue weighted by Gasteiger charge is 2.16. The molecule has 1 atom stereocenters. The van der Waals surface area contributed by atoms with Gasteiger partial charge in [-0.05, 0) is 89.9 Å². The lowest BCUT2D eigenvalue weighted by Crippen LogP contribution is -2.28. The highest BCUT2D eigenvalue weighted by Crippen LogP contribution is 2.17. The third-order valence-electron chi connectivity index (χ3n) is 13.7. The van der Waals surface area contributed by atoms with E-state index in [0.29, 0.717) is 12.8 Å². The van der Waals surface area contributed by atoms with Gasteiger partial charge in [-0.2, -0.15) is 0 Å². The van der Waals surface area contributed by atoms with Crippen molar-refractivity contribution in [3.05, 3.63) is 85.1 Å². The van der Waals surface area contributed by atoms with Crippen LogP contribution in [0.2, 0.25) is 0 Å². The van der Waals surface area contributed by atoms with Crippen molar-refractivity contribution in [1.29, 1.82) is 0 Å². The van der Waals surface area contributed by atoms with Gasteiger partial charge in [0.25, 0.3) is 0 Å². The van der Waals surface area contributed by atoms with Crippen LogP contribution in [-0.2, 0) is 19.1 Å². The second kappa shape index (κ2) is 62.4. The zero-order valence-corrected chi connectivity index (χ0v) is 47.7. The van der Waals surface area contributed by atoms with Crippen LogP contribution in [0, 0.1) is 0 Å². The van der Waals surface area contributed by atoms with Crippen molar-refractivity contribution >= 4 is 11.9 Å². The number of aliphatic hydroxyl groups excluding tert-OH is 1. The molecular formula is C67H118O5. The van der Waals surface area contributed by atoms with Crippen molar-refractivity contribution < 1.29 is 24.2 Å². The Hall–Kier alpha value is -2.92.